The molecule has 0 rings (SSSR count). The summed E-state index contributed by atoms with van der Waals surface area (Å²) in [7, 11) is 0. The molecule has 1 N–H and O–H groups in total. The lowest BCUT2D eigenvalue weighted by Crippen LogP contribution is -2.11. The highest BCUT2D eigenvalue weighted by Crippen LogP contribution is 1.93. The van der Waals surface area contributed by atoms with Gasteiger partial charge in [0.25, 0.3) is 0 Å². The highest BCUT2D eigenvalue weighted by molar-refractivity contribution is 4.82. The number of aliphatic hydroxyl groups is 1. The van der Waals surface area contributed by atoms with Crippen molar-refractivity contribution >= 4 is 0 Å². The van der Waals surface area contributed by atoms with E-state index in [1.165, 1.54) is 0 Å². The monoisotopic (exact) mass is 230 g/mol. The Bertz CT molecular complexity index is 165. The molecule has 4 nitrogen and oxygen atoms in total. The van der Waals surface area contributed by atoms with Gasteiger partial charge in [-0.2, -0.15) is 0 Å². The number of unbranched alkanes of at least 4 members (excludes halogenated alkanes) is 2. The van der Waals surface area contributed by atoms with Crippen LogP contribution in [0.4, 0.5) is 0 Å². The topological polar surface area (TPSA) is 47.9 Å². The molecule has 16 heavy (non-hydrogen) atoms. The van der Waals surface area contributed by atoms with Crippen molar-refractivity contribution in [1.82, 2.24) is 0 Å². The van der Waals surface area contributed by atoms with Gasteiger partial charge in [-0.05, 0) is 12.8 Å². The standard InChI is InChI=1S/C12H22O4/c1-2-3-4-5-7-14-9-11-16-12-10-15-8-6-13/h1,13H,3-12H2. The fraction of sp³-hybridized carbons (Fsp3) is 0.833. The summed E-state index contributed by atoms with van der Waals surface area (Å²) in [5, 5.41) is 8.43. The molecular formula is C12H22O4. The van der Waals surface area contributed by atoms with E-state index in [1.807, 2.05) is 0 Å². The van der Waals surface area contributed by atoms with Gasteiger partial charge in [0.1, 0.15) is 0 Å². The first-order valence-corrected chi connectivity index (χ1v) is 5.69. The third-order valence-electron chi connectivity index (χ3n) is 1.84. The maximum atomic E-state index is 8.43. The van der Waals surface area contributed by atoms with Crippen LogP contribution in [0.15, 0.2) is 0 Å². The van der Waals surface area contributed by atoms with E-state index in [9.17, 15) is 0 Å². The molecule has 0 aromatic carbocycles. The summed E-state index contributed by atoms with van der Waals surface area (Å²) in [5.74, 6) is 2.59. The number of hydrogen-bond donors (Lipinski definition) is 1. The lowest BCUT2D eigenvalue weighted by atomic mass is 10.2. The first-order valence-electron chi connectivity index (χ1n) is 5.69. The van der Waals surface area contributed by atoms with Crippen LogP contribution in [-0.4, -0.2) is 51.4 Å². The first-order chi connectivity index (χ1) is 7.91. The van der Waals surface area contributed by atoms with Crippen molar-refractivity contribution in [1.29, 1.82) is 0 Å². The van der Waals surface area contributed by atoms with E-state index in [-0.39, 0.29) is 6.61 Å². The van der Waals surface area contributed by atoms with Crippen molar-refractivity contribution < 1.29 is 19.3 Å². The normalized spacial score (nSPS) is 10.2. The van der Waals surface area contributed by atoms with Gasteiger partial charge in [-0.25, -0.2) is 0 Å². The van der Waals surface area contributed by atoms with Crippen LogP contribution in [0.3, 0.4) is 0 Å². The van der Waals surface area contributed by atoms with Gasteiger partial charge < -0.3 is 19.3 Å². The van der Waals surface area contributed by atoms with Crippen LogP contribution in [0.25, 0.3) is 0 Å². The van der Waals surface area contributed by atoms with Crippen LogP contribution in [0.5, 0.6) is 0 Å². The molecule has 0 aromatic heterocycles. The molecule has 0 heterocycles. The van der Waals surface area contributed by atoms with E-state index >= 15 is 0 Å². The molecule has 0 spiro atoms. The number of ether oxygens (including phenoxy) is 3. The van der Waals surface area contributed by atoms with Crippen molar-refractivity contribution in [2.75, 3.05) is 46.2 Å². The van der Waals surface area contributed by atoms with Gasteiger partial charge in [0.15, 0.2) is 0 Å². The zero-order chi connectivity index (χ0) is 11.9. The van der Waals surface area contributed by atoms with Crippen LogP contribution in [0, 0.1) is 12.3 Å². The number of aliphatic hydroxyl groups excluding tert-OH is 1. The molecule has 0 aliphatic rings. The number of terminal acetylenes is 1. The Morgan fingerprint density at radius 2 is 1.38 bits per heavy atom. The van der Waals surface area contributed by atoms with E-state index in [2.05, 4.69) is 5.92 Å². The zero-order valence-electron chi connectivity index (χ0n) is 9.82. The van der Waals surface area contributed by atoms with Crippen molar-refractivity contribution in [3.63, 3.8) is 0 Å². The Morgan fingerprint density at radius 3 is 1.94 bits per heavy atom. The van der Waals surface area contributed by atoms with Crippen LogP contribution < -0.4 is 0 Å². The third-order valence-corrected chi connectivity index (χ3v) is 1.84. The largest absolute Gasteiger partial charge is 0.394 e. The lowest BCUT2D eigenvalue weighted by molar-refractivity contribution is 0.00728. The molecule has 0 unspecified atom stereocenters. The van der Waals surface area contributed by atoms with Crippen LogP contribution in [-0.2, 0) is 14.2 Å². The van der Waals surface area contributed by atoms with Crippen molar-refractivity contribution in [2.45, 2.75) is 19.3 Å². The fourth-order valence-corrected chi connectivity index (χ4v) is 1.04. The summed E-state index contributed by atoms with van der Waals surface area (Å²) in [6.07, 6.45) is 7.97. The van der Waals surface area contributed by atoms with Gasteiger partial charge in [-0.1, -0.05) is 0 Å². The molecular weight excluding hydrogens is 208 g/mol. The summed E-state index contributed by atoms with van der Waals surface area (Å²) in [6.45, 7) is 3.42. The second-order valence-electron chi connectivity index (χ2n) is 3.22. The minimum atomic E-state index is 0.0563. The Labute approximate surface area is 97.9 Å². The Kier molecular flexibility index (Phi) is 13.9. The van der Waals surface area contributed by atoms with E-state index in [0.717, 1.165) is 25.9 Å². The van der Waals surface area contributed by atoms with Crippen molar-refractivity contribution in [3.8, 4) is 12.3 Å². The molecule has 0 saturated carbocycles. The molecule has 4 heteroatoms. The van der Waals surface area contributed by atoms with E-state index in [4.69, 9.17) is 25.7 Å². The Hall–Kier alpha value is -0.600. The van der Waals surface area contributed by atoms with Gasteiger partial charge >= 0.3 is 0 Å². The smallest absolute Gasteiger partial charge is 0.0701 e. The highest BCUT2D eigenvalue weighted by Gasteiger charge is 1.91. The zero-order valence-corrected chi connectivity index (χ0v) is 9.82. The van der Waals surface area contributed by atoms with Gasteiger partial charge in [0.2, 0.25) is 0 Å². The summed E-state index contributed by atoms with van der Waals surface area (Å²) < 4.78 is 15.6. The molecule has 0 aliphatic heterocycles. The molecule has 0 aliphatic carbocycles. The average Bonchev–Trinajstić information content (AvgIpc) is 2.31. The SMILES string of the molecule is C#CCCCCOCCOCCOCCO. The van der Waals surface area contributed by atoms with Gasteiger partial charge in [0.05, 0.1) is 39.6 Å². The summed E-state index contributed by atoms with van der Waals surface area (Å²) in [4.78, 5) is 0. The molecule has 0 bridgehead atoms. The van der Waals surface area contributed by atoms with Crippen LogP contribution in [0.1, 0.15) is 19.3 Å². The van der Waals surface area contributed by atoms with Gasteiger partial charge in [0, 0.05) is 13.0 Å². The van der Waals surface area contributed by atoms with Crippen LogP contribution >= 0.6 is 0 Å². The highest BCUT2D eigenvalue weighted by atomic mass is 16.5. The maximum Gasteiger partial charge on any atom is 0.0701 e. The van der Waals surface area contributed by atoms with Gasteiger partial charge in [-0.15, -0.1) is 12.3 Å². The average molecular weight is 230 g/mol. The summed E-state index contributed by atoms with van der Waals surface area (Å²) >= 11 is 0. The van der Waals surface area contributed by atoms with Gasteiger partial charge in [-0.3, -0.25) is 0 Å². The molecule has 94 valence electrons. The summed E-state index contributed by atoms with van der Waals surface area (Å²) in [5.41, 5.74) is 0. The second kappa shape index (κ2) is 14.4. The number of rotatable bonds is 12. The number of hydrogen-bond acceptors (Lipinski definition) is 4. The van der Waals surface area contributed by atoms with Crippen molar-refractivity contribution in [2.24, 2.45) is 0 Å². The summed E-state index contributed by atoms with van der Waals surface area (Å²) in [6, 6.07) is 0. The van der Waals surface area contributed by atoms with E-state index < -0.39 is 0 Å². The van der Waals surface area contributed by atoms with Crippen LogP contribution in [0.2, 0.25) is 0 Å². The fourth-order valence-electron chi connectivity index (χ4n) is 1.04. The molecule has 0 fully saturated rings. The minimum absolute atomic E-state index is 0.0563. The van der Waals surface area contributed by atoms with E-state index in [0.29, 0.717) is 33.0 Å². The molecule has 0 atom stereocenters. The minimum Gasteiger partial charge on any atom is -0.394 e. The molecule has 0 saturated heterocycles. The Balaban J connectivity index is 2.86. The quantitative estimate of drug-likeness (QED) is 0.398. The first kappa shape index (κ1) is 15.4. The molecule has 0 radical (unpaired) electrons. The predicted octanol–water partition coefficient (Wildman–Crippen LogP) is 0.832. The maximum absolute atomic E-state index is 8.43. The third kappa shape index (κ3) is 13.4. The lowest BCUT2D eigenvalue weighted by Gasteiger charge is -2.05. The second-order valence-corrected chi connectivity index (χ2v) is 3.22. The molecule has 0 amide bonds. The predicted molar refractivity (Wildman–Crippen MR) is 62.2 cm³/mol. The van der Waals surface area contributed by atoms with Crippen molar-refractivity contribution in [3.05, 3.63) is 0 Å². The molecule has 0 aromatic rings. The Morgan fingerprint density at radius 1 is 0.812 bits per heavy atom. The van der Waals surface area contributed by atoms with E-state index in [1.54, 1.807) is 0 Å².